The van der Waals surface area contributed by atoms with E-state index >= 15 is 0 Å². The zero-order valence-electron chi connectivity index (χ0n) is 39.0. The van der Waals surface area contributed by atoms with Gasteiger partial charge in [-0.05, 0) is 12.8 Å². The number of carbonyl (C=O) groups excluding carboxylic acids is 2. The molecule has 0 heterocycles. The van der Waals surface area contributed by atoms with Crippen molar-refractivity contribution in [3.63, 3.8) is 0 Å². The van der Waals surface area contributed by atoms with E-state index in [1.807, 2.05) is 21.1 Å². The van der Waals surface area contributed by atoms with Gasteiger partial charge in [0.15, 0.2) is 6.10 Å². The van der Waals surface area contributed by atoms with Crippen molar-refractivity contribution < 1.29 is 42.1 Å². The van der Waals surface area contributed by atoms with Gasteiger partial charge in [0.05, 0.1) is 27.7 Å². The Labute approximate surface area is 359 Å². The summed E-state index contributed by atoms with van der Waals surface area (Å²) >= 11 is 0. The van der Waals surface area contributed by atoms with Gasteiger partial charge in [0, 0.05) is 12.8 Å². The maximum absolute atomic E-state index is 12.7. The molecule has 9 nitrogen and oxygen atoms in total. The molecule has 0 aliphatic rings. The van der Waals surface area contributed by atoms with Gasteiger partial charge < -0.3 is 27.9 Å². The predicted octanol–water partition coefficient (Wildman–Crippen LogP) is 13.7. The van der Waals surface area contributed by atoms with Gasteiger partial charge >= 0.3 is 11.9 Å². The van der Waals surface area contributed by atoms with Crippen molar-refractivity contribution in [2.45, 2.75) is 251 Å². The molecule has 58 heavy (non-hydrogen) atoms. The molecule has 0 aliphatic heterocycles. The first-order chi connectivity index (χ1) is 28.0. The van der Waals surface area contributed by atoms with Crippen LogP contribution in [0.3, 0.4) is 0 Å². The summed E-state index contributed by atoms with van der Waals surface area (Å²) in [5, 5.41) is 0. The smallest absolute Gasteiger partial charge is 0.306 e. The summed E-state index contributed by atoms with van der Waals surface area (Å²) in [5.74, 6) is -0.816. The second-order valence-corrected chi connectivity index (χ2v) is 19.6. The topological polar surface area (TPSA) is 111 Å². The first kappa shape index (κ1) is 57.0. The van der Waals surface area contributed by atoms with Crippen molar-refractivity contribution in [3.8, 4) is 0 Å². The molecule has 0 spiro atoms. The van der Waals surface area contributed by atoms with E-state index in [0.717, 1.165) is 32.1 Å². The minimum absolute atomic E-state index is 0.0255. The van der Waals surface area contributed by atoms with Crippen LogP contribution in [0.2, 0.25) is 0 Å². The van der Waals surface area contributed by atoms with Gasteiger partial charge in [0.25, 0.3) is 7.82 Å². The van der Waals surface area contributed by atoms with E-state index in [0.29, 0.717) is 17.4 Å². The summed E-state index contributed by atoms with van der Waals surface area (Å²) in [6.07, 6.45) is 42.7. The molecule has 0 amide bonds. The highest BCUT2D eigenvalue weighted by Crippen LogP contribution is 2.38. The van der Waals surface area contributed by atoms with Gasteiger partial charge in [-0.1, -0.05) is 219 Å². The number of ether oxygens (including phenoxy) is 2. The Balaban J connectivity index is 4.19. The second kappa shape index (κ2) is 41.4. The third-order valence-corrected chi connectivity index (χ3v) is 12.1. The molecular formula is C48H96NO8P. The van der Waals surface area contributed by atoms with E-state index < -0.39 is 26.5 Å². The molecule has 10 heteroatoms. The number of esters is 2. The molecule has 0 aliphatic carbocycles. The Morgan fingerprint density at radius 2 is 0.776 bits per heavy atom. The van der Waals surface area contributed by atoms with Crippen LogP contribution in [0.25, 0.3) is 0 Å². The SMILES string of the molecule is CCCCCCCCCCCCCCCCCCCCCCCC(=O)O[C@H](COC(=O)CCCCCCCCCCCCCCC)COP(=O)([O-])OCC[N+](C)(C)C. The summed E-state index contributed by atoms with van der Waals surface area (Å²) in [5.41, 5.74) is 0. The molecule has 346 valence electrons. The third kappa shape index (κ3) is 44.6. The van der Waals surface area contributed by atoms with Crippen molar-refractivity contribution in [2.75, 3.05) is 47.5 Å². The number of nitrogens with zero attached hydrogens (tertiary/aromatic N) is 1. The zero-order valence-corrected chi connectivity index (χ0v) is 39.9. The van der Waals surface area contributed by atoms with Gasteiger partial charge in [-0.25, -0.2) is 0 Å². The number of unbranched alkanes of at least 4 members (excludes halogenated alkanes) is 32. The summed E-state index contributed by atoms with van der Waals surface area (Å²) < 4.78 is 34.0. The summed E-state index contributed by atoms with van der Waals surface area (Å²) in [4.78, 5) is 37.6. The molecule has 0 aromatic rings. The van der Waals surface area contributed by atoms with Crippen LogP contribution in [-0.4, -0.2) is 70.0 Å². The van der Waals surface area contributed by atoms with Gasteiger partial charge in [-0.3, -0.25) is 14.2 Å². The van der Waals surface area contributed by atoms with Gasteiger partial charge in [0.2, 0.25) is 0 Å². The first-order valence-electron chi connectivity index (χ1n) is 24.7. The highest BCUT2D eigenvalue weighted by molar-refractivity contribution is 7.45. The average molecular weight is 846 g/mol. The first-order valence-corrected chi connectivity index (χ1v) is 26.2. The molecule has 0 aromatic heterocycles. The van der Waals surface area contributed by atoms with Crippen LogP contribution >= 0.6 is 7.82 Å². The highest BCUT2D eigenvalue weighted by Gasteiger charge is 2.21. The Hall–Kier alpha value is -0.990. The summed E-state index contributed by atoms with van der Waals surface area (Å²) in [6, 6.07) is 0. The monoisotopic (exact) mass is 846 g/mol. The van der Waals surface area contributed by atoms with E-state index in [-0.39, 0.29) is 32.0 Å². The van der Waals surface area contributed by atoms with Crippen molar-refractivity contribution in [2.24, 2.45) is 0 Å². The highest BCUT2D eigenvalue weighted by atomic mass is 31.2. The maximum Gasteiger partial charge on any atom is 0.306 e. The normalized spacial score (nSPS) is 13.4. The summed E-state index contributed by atoms with van der Waals surface area (Å²) in [7, 11) is 1.18. The molecule has 0 bridgehead atoms. The van der Waals surface area contributed by atoms with E-state index in [2.05, 4.69) is 13.8 Å². The van der Waals surface area contributed by atoms with Crippen molar-refractivity contribution >= 4 is 19.8 Å². The third-order valence-electron chi connectivity index (χ3n) is 11.1. The van der Waals surface area contributed by atoms with Crippen LogP contribution < -0.4 is 4.89 Å². The second-order valence-electron chi connectivity index (χ2n) is 18.2. The van der Waals surface area contributed by atoms with E-state index in [4.69, 9.17) is 18.5 Å². The molecule has 0 saturated carbocycles. The lowest BCUT2D eigenvalue weighted by Crippen LogP contribution is -2.37. The fourth-order valence-electron chi connectivity index (χ4n) is 7.25. The Morgan fingerprint density at radius 1 is 0.466 bits per heavy atom. The quantitative estimate of drug-likeness (QED) is 0.0258. The number of hydrogen-bond donors (Lipinski definition) is 0. The van der Waals surface area contributed by atoms with Crippen molar-refractivity contribution in [3.05, 3.63) is 0 Å². The van der Waals surface area contributed by atoms with Crippen molar-refractivity contribution in [1.29, 1.82) is 0 Å². The summed E-state index contributed by atoms with van der Waals surface area (Å²) in [6.45, 7) is 4.28. The van der Waals surface area contributed by atoms with Crippen molar-refractivity contribution in [1.82, 2.24) is 0 Å². The number of rotatable bonds is 46. The van der Waals surface area contributed by atoms with Crippen LogP contribution in [-0.2, 0) is 32.7 Å². The number of quaternary nitrogens is 1. The Kier molecular flexibility index (Phi) is 40.7. The fraction of sp³-hybridized carbons (Fsp3) is 0.958. The van der Waals surface area contributed by atoms with Gasteiger partial charge in [0.1, 0.15) is 19.8 Å². The number of phosphoric acid groups is 1. The maximum atomic E-state index is 12.7. The van der Waals surface area contributed by atoms with Crippen LogP contribution in [0.1, 0.15) is 245 Å². The molecule has 2 atom stereocenters. The molecule has 0 rings (SSSR count). The Bertz CT molecular complexity index is 958. The molecule has 0 radical (unpaired) electrons. The average Bonchev–Trinajstić information content (AvgIpc) is 3.17. The van der Waals surface area contributed by atoms with E-state index in [1.54, 1.807) is 0 Å². The molecule has 0 aromatic carbocycles. The number of carbonyl (C=O) groups is 2. The Morgan fingerprint density at radius 3 is 1.10 bits per heavy atom. The van der Waals surface area contributed by atoms with Crippen LogP contribution in [0, 0.1) is 0 Å². The van der Waals surface area contributed by atoms with E-state index in [1.165, 1.54) is 180 Å². The standard InChI is InChI=1S/C48H96NO8P/c1-6-8-10-12-14-16-18-20-21-22-23-24-25-26-27-29-31-33-35-37-39-41-48(51)57-46(45-56-58(52,53)55-43-42-49(3,4)5)44-54-47(50)40-38-36-34-32-30-28-19-17-15-13-11-9-7-2/h46H,6-45H2,1-5H3/t46-/m1/s1. The minimum Gasteiger partial charge on any atom is -0.756 e. The van der Waals surface area contributed by atoms with Gasteiger partial charge in [-0.2, -0.15) is 0 Å². The minimum atomic E-state index is -4.62. The van der Waals surface area contributed by atoms with Crippen LogP contribution in [0.4, 0.5) is 0 Å². The fourth-order valence-corrected chi connectivity index (χ4v) is 7.97. The lowest BCUT2D eigenvalue weighted by Gasteiger charge is -2.28. The molecule has 1 unspecified atom stereocenters. The van der Waals surface area contributed by atoms with E-state index in [9.17, 15) is 19.0 Å². The number of phosphoric ester groups is 1. The number of hydrogen-bond acceptors (Lipinski definition) is 8. The lowest BCUT2D eigenvalue weighted by atomic mass is 10.0. The molecule has 0 saturated heterocycles. The largest absolute Gasteiger partial charge is 0.756 e. The lowest BCUT2D eigenvalue weighted by molar-refractivity contribution is -0.870. The molecule has 0 N–H and O–H groups in total. The van der Waals surface area contributed by atoms with Gasteiger partial charge in [-0.15, -0.1) is 0 Å². The van der Waals surface area contributed by atoms with Crippen LogP contribution in [0.15, 0.2) is 0 Å². The van der Waals surface area contributed by atoms with Crippen LogP contribution in [0.5, 0.6) is 0 Å². The molecular weight excluding hydrogens is 750 g/mol. The molecule has 0 fully saturated rings. The number of likely N-dealkylation sites (N-methyl/N-ethyl adjacent to an activating group) is 1. The zero-order chi connectivity index (χ0) is 42.8. The predicted molar refractivity (Wildman–Crippen MR) is 241 cm³/mol.